The summed E-state index contributed by atoms with van der Waals surface area (Å²) in [6, 6.07) is 7.94. The number of amides is 1. The highest BCUT2D eigenvalue weighted by Gasteiger charge is 2.36. The molecule has 0 aromatic heterocycles. The number of benzene rings is 1. The van der Waals surface area contributed by atoms with Crippen LogP contribution in [0.15, 0.2) is 24.3 Å². The first-order valence-corrected chi connectivity index (χ1v) is 9.15. The standard InChI is InChI=1S/C19H26N2O3/c22-19(24-18-12-21-8-6-16(18)7-9-21)20-11-15-2-1-3-17(10-15)23-13-14-4-5-14/h1-3,10,14,16,18H,4-9,11-13H2,(H,20,22). The number of fused-ring (bicyclic) bond motifs is 3. The molecule has 3 heterocycles. The van der Waals surface area contributed by atoms with Gasteiger partial charge in [0.2, 0.25) is 0 Å². The van der Waals surface area contributed by atoms with Crippen LogP contribution >= 0.6 is 0 Å². The van der Waals surface area contributed by atoms with Crippen molar-refractivity contribution in [3.8, 4) is 5.75 Å². The fourth-order valence-corrected chi connectivity index (χ4v) is 3.64. The fourth-order valence-electron chi connectivity index (χ4n) is 3.64. The maximum atomic E-state index is 12.1. The van der Waals surface area contributed by atoms with Crippen LogP contribution in [-0.4, -0.2) is 43.3 Å². The predicted octanol–water partition coefficient (Wildman–Crippen LogP) is 2.80. The minimum Gasteiger partial charge on any atom is -0.493 e. The van der Waals surface area contributed by atoms with E-state index in [1.165, 1.54) is 12.8 Å². The lowest BCUT2D eigenvalue weighted by Gasteiger charge is -2.43. The predicted molar refractivity (Wildman–Crippen MR) is 90.9 cm³/mol. The molecular formula is C19H26N2O3. The first kappa shape index (κ1) is 15.8. The third kappa shape index (κ3) is 4.01. The van der Waals surface area contributed by atoms with Crippen molar-refractivity contribution in [2.24, 2.45) is 11.8 Å². The van der Waals surface area contributed by atoms with Gasteiger partial charge in [-0.05, 0) is 68.3 Å². The molecule has 3 aliphatic heterocycles. The summed E-state index contributed by atoms with van der Waals surface area (Å²) in [4.78, 5) is 14.5. The van der Waals surface area contributed by atoms with Crippen LogP contribution in [0.4, 0.5) is 4.79 Å². The smallest absolute Gasteiger partial charge is 0.407 e. The molecule has 3 saturated heterocycles. The molecule has 0 radical (unpaired) electrons. The topological polar surface area (TPSA) is 50.8 Å². The number of alkyl carbamates (subject to hydrolysis) is 1. The van der Waals surface area contributed by atoms with Crippen molar-refractivity contribution < 1.29 is 14.3 Å². The molecule has 4 fully saturated rings. The maximum absolute atomic E-state index is 12.1. The Bertz CT molecular complexity index is 580. The third-order valence-corrected chi connectivity index (χ3v) is 5.37. The van der Waals surface area contributed by atoms with Crippen LogP contribution in [0.2, 0.25) is 0 Å². The number of nitrogens with zero attached hydrogens (tertiary/aromatic N) is 1. The van der Waals surface area contributed by atoms with E-state index >= 15 is 0 Å². The van der Waals surface area contributed by atoms with Crippen molar-refractivity contribution in [3.05, 3.63) is 29.8 Å². The van der Waals surface area contributed by atoms with E-state index in [-0.39, 0.29) is 12.2 Å². The van der Waals surface area contributed by atoms with Crippen LogP contribution in [0.1, 0.15) is 31.2 Å². The average molecular weight is 330 g/mol. The maximum Gasteiger partial charge on any atom is 0.407 e. The Kier molecular flexibility index (Phi) is 4.60. The first-order valence-electron chi connectivity index (χ1n) is 9.15. The zero-order valence-corrected chi connectivity index (χ0v) is 14.1. The molecule has 130 valence electrons. The van der Waals surface area contributed by atoms with Gasteiger partial charge in [-0.3, -0.25) is 4.90 Å². The van der Waals surface area contributed by atoms with Crippen molar-refractivity contribution >= 4 is 6.09 Å². The summed E-state index contributed by atoms with van der Waals surface area (Å²) in [7, 11) is 0. The quantitative estimate of drug-likeness (QED) is 0.871. The highest BCUT2D eigenvalue weighted by atomic mass is 16.6. The number of hydrogen-bond donors (Lipinski definition) is 1. The normalized spacial score (nSPS) is 28.4. The van der Waals surface area contributed by atoms with Gasteiger partial charge in [0, 0.05) is 13.1 Å². The SMILES string of the molecule is O=C(NCc1cccc(OCC2CC2)c1)OC1CN2CCC1CC2. The monoisotopic (exact) mass is 330 g/mol. The average Bonchev–Trinajstić information content (AvgIpc) is 3.44. The zero-order chi connectivity index (χ0) is 16.4. The summed E-state index contributed by atoms with van der Waals surface area (Å²) in [6.45, 7) is 4.47. The molecule has 5 rings (SSSR count). The number of piperidine rings is 3. The van der Waals surface area contributed by atoms with E-state index < -0.39 is 0 Å². The molecule has 1 aliphatic carbocycles. The minimum atomic E-state index is -0.307. The van der Waals surface area contributed by atoms with E-state index in [1.807, 2.05) is 24.3 Å². The third-order valence-electron chi connectivity index (χ3n) is 5.37. The molecule has 1 atom stereocenters. The molecule has 1 amide bonds. The molecule has 1 saturated carbocycles. The van der Waals surface area contributed by atoms with Crippen molar-refractivity contribution in [1.82, 2.24) is 10.2 Å². The number of nitrogens with one attached hydrogen (secondary N) is 1. The van der Waals surface area contributed by atoms with Gasteiger partial charge in [-0.1, -0.05) is 12.1 Å². The van der Waals surface area contributed by atoms with Crippen LogP contribution in [0, 0.1) is 11.8 Å². The summed E-state index contributed by atoms with van der Waals surface area (Å²) in [5, 5.41) is 2.87. The molecule has 1 unspecified atom stereocenters. The second-order valence-corrected chi connectivity index (χ2v) is 7.34. The van der Waals surface area contributed by atoms with E-state index in [0.717, 1.165) is 56.3 Å². The minimum absolute atomic E-state index is 0.0562. The van der Waals surface area contributed by atoms with Gasteiger partial charge in [0.05, 0.1) is 6.61 Å². The van der Waals surface area contributed by atoms with E-state index in [9.17, 15) is 4.79 Å². The Morgan fingerprint density at radius 3 is 2.75 bits per heavy atom. The van der Waals surface area contributed by atoms with Gasteiger partial charge in [0.25, 0.3) is 0 Å². The fraction of sp³-hybridized carbons (Fsp3) is 0.632. The molecule has 1 N–H and O–H groups in total. The number of hydrogen-bond acceptors (Lipinski definition) is 4. The summed E-state index contributed by atoms with van der Waals surface area (Å²) >= 11 is 0. The summed E-state index contributed by atoms with van der Waals surface area (Å²) in [5.74, 6) is 2.16. The van der Waals surface area contributed by atoms with E-state index in [2.05, 4.69) is 10.2 Å². The highest BCUT2D eigenvalue weighted by Crippen LogP contribution is 2.30. The molecule has 4 aliphatic rings. The molecule has 2 bridgehead atoms. The number of carbonyl (C=O) groups is 1. The summed E-state index contributed by atoms with van der Waals surface area (Å²) in [5.41, 5.74) is 1.04. The Morgan fingerprint density at radius 2 is 2.04 bits per heavy atom. The van der Waals surface area contributed by atoms with E-state index in [0.29, 0.717) is 12.5 Å². The molecule has 5 nitrogen and oxygen atoms in total. The lowest BCUT2D eigenvalue weighted by atomic mass is 9.86. The molecular weight excluding hydrogens is 304 g/mol. The Balaban J connectivity index is 1.23. The molecule has 24 heavy (non-hydrogen) atoms. The van der Waals surface area contributed by atoms with Crippen molar-refractivity contribution in [2.45, 2.75) is 38.3 Å². The van der Waals surface area contributed by atoms with E-state index in [4.69, 9.17) is 9.47 Å². The Labute approximate surface area is 143 Å². The number of carbonyl (C=O) groups excluding carboxylic acids is 1. The largest absolute Gasteiger partial charge is 0.493 e. The number of ether oxygens (including phenoxy) is 2. The first-order chi connectivity index (χ1) is 11.8. The van der Waals surface area contributed by atoms with E-state index in [1.54, 1.807) is 0 Å². The number of rotatable bonds is 6. The molecule has 1 aromatic rings. The van der Waals surface area contributed by atoms with Crippen LogP contribution in [-0.2, 0) is 11.3 Å². The van der Waals surface area contributed by atoms with Gasteiger partial charge in [-0.25, -0.2) is 4.79 Å². The second kappa shape index (κ2) is 7.01. The van der Waals surface area contributed by atoms with Gasteiger partial charge < -0.3 is 14.8 Å². The lowest BCUT2D eigenvalue weighted by molar-refractivity contribution is -0.0332. The lowest BCUT2D eigenvalue weighted by Crippen LogP contribution is -2.52. The highest BCUT2D eigenvalue weighted by molar-refractivity contribution is 5.67. The van der Waals surface area contributed by atoms with Gasteiger partial charge in [0.1, 0.15) is 11.9 Å². The molecule has 0 spiro atoms. The summed E-state index contributed by atoms with van der Waals surface area (Å²) in [6.07, 6.45) is 4.62. The zero-order valence-electron chi connectivity index (χ0n) is 14.1. The van der Waals surface area contributed by atoms with Crippen LogP contribution in [0.5, 0.6) is 5.75 Å². The van der Waals surface area contributed by atoms with Gasteiger partial charge in [-0.15, -0.1) is 0 Å². The van der Waals surface area contributed by atoms with Crippen LogP contribution in [0.25, 0.3) is 0 Å². The van der Waals surface area contributed by atoms with Gasteiger partial charge in [-0.2, -0.15) is 0 Å². The Morgan fingerprint density at radius 1 is 1.21 bits per heavy atom. The van der Waals surface area contributed by atoms with Crippen molar-refractivity contribution in [1.29, 1.82) is 0 Å². The molecule has 1 aromatic carbocycles. The molecule has 5 heteroatoms. The van der Waals surface area contributed by atoms with Crippen LogP contribution < -0.4 is 10.1 Å². The van der Waals surface area contributed by atoms with Crippen molar-refractivity contribution in [2.75, 3.05) is 26.2 Å². The Hall–Kier alpha value is -1.75. The second-order valence-electron chi connectivity index (χ2n) is 7.34. The van der Waals surface area contributed by atoms with Gasteiger partial charge >= 0.3 is 6.09 Å². The van der Waals surface area contributed by atoms with Crippen molar-refractivity contribution in [3.63, 3.8) is 0 Å². The van der Waals surface area contributed by atoms with Gasteiger partial charge in [0.15, 0.2) is 0 Å². The summed E-state index contributed by atoms with van der Waals surface area (Å²) < 4.78 is 11.4. The van der Waals surface area contributed by atoms with Crippen LogP contribution in [0.3, 0.4) is 0 Å².